The van der Waals surface area contributed by atoms with Gasteiger partial charge in [0.25, 0.3) is 5.91 Å². The predicted molar refractivity (Wildman–Crippen MR) is 76.3 cm³/mol. The van der Waals surface area contributed by atoms with Crippen molar-refractivity contribution in [1.82, 2.24) is 4.90 Å². The molecule has 0 saturated carbocycles. The molecule has 0 aromatic carbocycles. The van der Waals surface area contributed by atoms with E-state index in [4.69, 9.17) is 17.3 Å². The summed E-state index contributed by atoms with van der Waals surface area (Å²) in [6.45, 7) is 6.34. The second-order valence-corrected chi connectivity index (χ2v) is 6.33. The van der Waals surface area contributed by atoms with Crippen LogP contribution in [0.4, 0.5) is 0 Å². The number of aryl methyl sites for hydroxylation is 1. The van der Waals surface area contributed by atoms with E-state index in [1.54, 1.807) is 0 Å². The maximum absolute atomic E-state index is 12.4. The highest BCUT2D eigenvalue weighted by Crippen LogP contribution is 2.30. The van der Waals surface area contributed by atoms with E-state index in [9.17, 15) is 4.79 Å². The van der Waals surface area contributed by atoms with Gasteiger partial charge >= 0.3 is 0 Å². The Kier molecular flexibility index (Phi) is 4.30. The molecule has 2 unspecified atom stereocenters. The van der Waals surface area contributed by atoms with Crippen LogP contribution in [0.3, 0.4) is 0 Å². The molecule has 5 heteroatoms. The number of halogens is 1. The fourth-order valence-corrected chi connectivity index (χ4v) is 3.60. The number of carbonyl (C=O) groups is 1. The van der Waals surface area contributed by atoms with Gasteiger partial charge in [-0.25, -0.2) is 0 Å². The Balaban J connectivity index is 2.12. The first kappa shape index (κ1) is 13.8. The van der Waals surface area contributed by atoms with Gasteiger partial charge in [0.2, 0.25) is 0 Å². The summed E-state index contributed by atoms with van der Waals surface area (Å²) < 4.78 is 0. The summed E-state index contributed by atoms with van der Waals surface area (Å²) in [5.74, 6) is 1.06. The molecule has 18 heavy (non-hydrogen) atoms. The molecule has 1 amide bonds. The van der Waals surface area contributed by atoms with E-state index in [1.165, 1.54) is 11.3 Å². The van der Waals surface area contributed by atoms with Crippen LogP contribution in [-0.2, 0) is 0 Å². The second kappa shape index (κ2) is 5.59. The Morgan fingerprint density at radius 1 is 1.67 bits per heavy atom. The van der Waals surface area contributed by atoms with Crippen molar-refractivity contribution < 1.29 is 4.79 Å². The van der Waals surface area contributed by atoms with Crippen LogP contribution in [0.1, 0.15) is 28.6 Å². The van der Waals surface area contributed by atoms with E-state index in [0.717, 1.165) is 25.1 Å². The third-order valence-corrected chi connectivity index (χ3v) is 5.48. The Hall–Kier alpha value is -0.580. The minimum atomic E-state index is 0.0588. The Labute approximate surface area is 117 Å². The highest BCUT2D eigenvalue weighted by Gasteiger charge is 2.30. The van der Waals surface area contributed by atoms with Gasteiger partial charge in [-0.05, 0) is 42.7 Å². The molecule has 2 atom stereocenters. The van der Waals surface area contributed by atoms with Crippen LogP contribution in [-0.4, -0.2) is 30.4 Å². The molecule has 2 rings (SSSR count). The number of hydrogen-bond acceptors (Lipinski definition) is 3. The quantitative estimate of drug-likeness (QED) is 0.909. The average Bonchev–Trinajstić information content (AvgIpc) is 2.70. The number of nitrogens with zero attached hydrogens (tertiary/aromatic N) is 1. The van der Waals surface area contributed by atoms with Crippen molar-refractivity contribution in [2.24, 2.45) is 17.6 Å². The Bertz CT molecular complexity index is 446. The number of nitrogens with two attached hydrogens (primary N) is 1. The number of piperidine rings is 1. The van der Waals surface area contributed by atoms with Crippen LogP contribution < -0.4 is 5.73 Å². The zero-order valence-electron chi connectivity index (χ0n) is 10.8. The lowest BCUT2D eigenvalue weighted by atomic mass is 9.87. The molecule has 1 aromatic heterocycles. The van der Waals surface area contributed by atoms with Crippen molar-refractivity contribution in [3.05, 3.63) is 20.8 Å². The van der Waals surface area contributed by atoms with Crippen LogP contribution in [0.15, 0.2) is 5.38 Å². The molecule has 0 spiro atoms. The standard InChI is InChI=1S/C13H19ClN2OS/c1-8-3-4-16(6-10(8)5-15)13(17)12-11(14)9(2)7-18-12/h7-8,10H,3-6,15H2,1-2H3. The third-order valence-electron chi connectivity index (χ3n) is 3.80. The fourth-order valence-electron chi connectivity index (χ4n) is 2.36. The molecule has 100 valence electrons. The van der Waals surface area contributed by atoms with E-state index in [1.807, 2.05) is 17.2 Å². The maximum Gasteiger partial charge on any atom is 0.265 e. The van der Waals surface area contributed by atoms with Gasteiger partial charge in [0, 0.05) is 13.1 Å². The molecule has 1 fully saturated rings. The molecule has 0 aliphatic carbocycles. The zero-order chi connectivity index (χ0) is 13.3. The summed E-state index contributed by atoms with van der Waals surface area (Å²) in [5.41, 5.74) is 6.74. The molecule has 1 aliphatic heterocycles. The van der Waals surface area contributed by atoms with Crippen molar-refractivity contribution in [1.29, 1.82) is 0 Å². The number of hydrogen-bond donors (Lipinski definition) is 1. The number of carbonyl (C=O) groups excluding carboxylic acids is 1. The summed E-state index contributed by atoms with van der Waals surface area (Å²) in [6.07, 6.45) is 1.02. The molecule has 1 aliphatic rings. The summed E-state index contributed by atoms with van der Waals surface area (Å²) >= 11 is 7.59. The minimum Gasteiger partial charge on any atom is -0.338 e. The van der Waals surface area contributed by atoms with E-state index < -0.39 is 0 Å². The lowest BCUT2D eigenvalue weighted by molar-refractivity contribution is 0.0623. The number of thiophene rings is 1. The van der Waals surface area contributed by atoms with Crippen LogP contribution in [0.25, 0.3) is 0 Å². The SMILES string of the molecule is Cc1csc(C(=O)N2CCC(C)C(CN)C2)c1Cl. The second-order valence-electron chi connectivity index (χ2n) is 5.07. The number of likely N-dealkylation sites (tertiary alicyclic amines) is 1. The van der Waals surface area contributed by atoms with Gasteiger partial charge in [-0.15, -0.1) is 11.3 Å². The van der Waals surface area contributed by atoms with Gasteiger partial charge in [-0.3, -0.25) is 4.79 Å². The summed E-state index contributed by atoms with van der Waals surface area (Å²) in [7, 11) is 0. The van der Waals surface area contributed by atoms with Gasteiger partial charge < -0.3 is 10.6 Å². The molecule has 0 radical (unpaired) electrons. The maximum atomic E-state index is 12.4. The van der Waals surface area contributed by atoms with Gasteiger partial charge in [-0.2, -0.15) is 0 Å². The lowest BCUT2D eigenvalue weighted by Gasteiger charge is -2.36. The van der Waals surface area contributed by atoms with E-state index in [-0.39, 0.29) is 5.91 Å². The highest BCUT2D eigenvalue weighted by molar-refractivity contribution is 7.13. The van der Waals surface area contributed by atoms with E-state index in [0.29, 0.717) is 28.3 Å². The molecular formula is C13H19ClN2OS. The largest absolute Gasteiger partial charge is 0.338 e. The first-order chi connectivity index (χ1) is 8.54. The molecule has 2 N–H and O–H groups in total. The van der Waals surface area contributed by atoms with Gasteiger partial charge in [0.05, 0.1) is 5.02 Å². The summed E-state index contributed by atoms with van der Waals surface area (Å²) in [4.78, 5) is 15.0. The number of amides is 1. The van der Waals surface area contributed by atoms with Crippen LogP contribution in [0.2, 0.25) is 5.02 Å². The smallest absolute Gasteiger partial charge is 0.265 e. The molecule has 2 heterocycles. The van der Waals surface area contributed by atoms with Crippen molar-refractivity contribution in [3.8, 4) is 0 Å². The average molecular weight is 287 g/mol. The van der Waals surface area contributed by atoms with Crippen molar-refractivity contribution >= 4 is 28.8 Å². The van der Waals surface area contributed by atoms with Crippen molar-refractivity contribution in [2.75, 3.05) is 19.6 Å². The third kappa shape index (κ3) is 2.56. The molecular weight excluding hydrogens is 268 g/mol. The number of rotatable bonds is 2. The molecule has 1 saturated heterocycles. The predicted octanol–water partition coefficient (Wildman–Crippen LogP) is 2.77. The summed E-state index contributed by atoms with van der Waals surface area (Å²) in [5, 5.41) is 2.54. The minimum absolute atomic E-state index is 0.0588. The van der Waals surface area contributed by atoms with E-state index >= 15 is 0 Å². The monoisotopic (exact) mass is 286 g/mol. The van der Waals surface area contributed by atoms with Gasteiger partial charge in [-0.1, -0.05) is 18.5 Å². The zero-order valence-corrected chi connectivity index (χ0v) is 12.4. The van der Waals surface area contributed by atoms with Crippen LogP contribution >= 0.6 is 22.9 Å². The van der Waals surface area contributed by atoms with Crippen molar-refractivity contribution in [3.63, 3.8) is 0 Å². The van der Waals surface area contributed by atoms with Crippen molar-refractivity contribution in [2.45, 2.75) is 20.3 Å². The summed E-state index contributed by atoms with van der Waals surface area (Å²) in [6, 6.07) is 0. The topological polar surface area (TPSA) is 46.3 Å². The first-order valence-electron chi connectivity index (χ1n) is 6.27. The van der Waals surface area contributed by atoms with Gasteiger partial charge in [0.15, 0.2) is 0 Å². The van der Waals surface area contributed by atoms with Crippen LogP contribution in [0, 0.1) is 18.8 Å². The normalized spacial score (nSPS) is 24.3. The molecule has 1 aromatic rings. The Morgan fingerprint density at radius 3 is 2.94 bits per heavy atom. The molecule has 3 nitrogen and oxygen atoms in total. The van der Waals surface area contributed by atoms with Crippen LogP contribution in [0.5, 0.6) is 0 Å². The first-order valence-corrected chi connectivity index (χ1v) is 7.53. The fraction of sp³-hybridized carbons (Fsp3) is 0.615. The van der Waals surface area contributed by atoms with Gasteiger partial charge in [0.1, 0.15) is 4.88 Å². The lowest BCUT2D eigenvalue weighted by Crippen LogP contribution is -2.45. The molecule has 0 bridgehead atoms. The Morgan fingerprint density at radius 2 is 2.39 bits per heavy atom. The highest BCUT2D eigenvalue weighted by atomic mass is 35.5. The van der Waals surface area contributed by atoms with E-state index in [2.05, 4.69) is 6.92 Å².